The quantitative estimate of drug-likeness (QED) is 0.0865. The molecule has 5 fully saturated rings. The number of nitrogens with one attached hydrogen (secondary N) is 3. The smallest absolute Gasteiger partial charge is 0.316 e. The van der Waals surface area contributed by atoms with E-state index in [1.165, 1.54) is 11.8 Å². The second-order valence-corrected chi connectivity index (χ2v) is 15.8. The topological polar surface area (TPSA) is 127 Å². The van der Waals surface area contributed by atoms with E-state index in [2.05, 4.69) is 43.2 Å². The molecule has 4 saturated carbocycles. The number of carbonyl (C=O) groups is 2. The molecule has 6 rings (SSSR count). The summed E-state index contributed by atoms with van der Waals surface area (Å²) < 4.78 is 6.48. The van der Waals surface area contributed by atoms with Gasteiger partial charge in [-0.05, 0) is 54.9 Å². The van der Waals surface area contributed by atoms with Crippen molar-refractivity contribution in [2.75, 3.05) is 31.9 Å². The van der Waals surface area contributed by atoms with E-state index in [4.69, 9.17) is 10.1 Å². The van der Waals surface area contributed by atoms with Crippen molar-refractivity contribution in [1.29, 1.82) is 5.41 Å². The van der Waals surface area contributed by atoms with Crippen LogP contribution in [0.3, 0.4) is 0 Å². The van der Waals surface area contributed by atoms with Crippen molar-refractivity contribution in [3.8, 4) is 0 Å². The number of guanidine groups is 1. The Balaban J connectivity index is 1.19. The molecular formula is C35H49N5O4S. The highest BCUT2D eigenvalue weighted by Gasteiger charge is 2.81. The monoisotopic (exact) mass is 635 g/mol. The van der Waals surface area contributed by atoms with Gasteiger partial charge >= 0.3 is 5.97 Å². The maximum absolute atomic E-state index is 13.7. The molecule has 2 bridgehead atoms. The van der Waals surface area contributed by atoms with Gasteiger partial charge in [-0.15, -0.1) is 18.3 Å². The molecule has 9 nitrogen and oxygen atoms in total. The van der Waals surface area contributed by atoms with Gasteiger partial charge < -0.3 is 20.1 Å². The number of ether oxygens (including phenoxy) is 1. The van der Waals surface area contributed by atoms with Gasteiger partial charge in [0.15, 0.2) is 0 Å². The molecule has 1 saturated heterocycles. The second-order valence-electron chi connectivity index (χ2n) is 14.8. The molecule has 1 aliphatic heterocycles. The molecule has 2 spiro atoms. The van der Waals surface area contributed by atoms with E-state index in [-0.39, 0.29) is 51.7 Å². The third-order valence-electron chi connectivity index (χ3n) is 12.7. The number of esters is 1. The molecule has 0 radical (unpaired) electrons. The van der Waals surface area contributed by atoms with E-state index in [0.717, 1.165) is 55.9 Å². The highest BCUT2D eigenvalue weighted by Crippen LogP contribution is 2.82. The molecule has 4 aliphatic carbocycles. The number of Topliss-reactive ketones (excluding diaryl/α,β-unsaturated/α-hetero) is 1. The van der Waals surface area contributed by atoms with Crippen molar-refractivity contribution >= 4 is 35.7 Å². The lowest BCUT2D eigenvalue weighted by molar-refractivity contribution is -0.257. The fraction of sp³-hybridized carbons (Fsp3) is 0.657. The fourth-order valence-corrected chi connectivity index (χ4v) is 11.0. The summed E-state index contributed by atoms with van der Waals surface area (Å²) in [4.78, 5) is 30.0. The van der Waals surface area contributed by atoms with Gasteiger partial charge in [-0.2, -0.15) is 5.10 Å². The van der Waals surface area contributed by atoms with Gasteiger partial charge in [-0.1, -0.05) is 52.0 Å². The van der Waals surface area contributed by atoms with Gasteiger partial charge in [0, 0.05) is 59.3 Å². The van der Waals surface area contributed by atoms with Crippen LogP contribution >= 0.6 is 11.8 Å². The van der Waals surface area contributed by atoms with Gasteiger partial charge in [-0.3, -0.25) is 15.0 Å². The van der Waals surface area contributed by atoms with E-state index >= 15 is 0 Å². The van der Waals surface area contributed by atoms with E-state index in [0.29, 0.717) is 18.6 Å². The summed E-state index contributed by atoms with van der Waals surface area (Å²) >= 11 is 1.41. The van der Waals surface area contributed by atoms with Crippen LogP contribution < -0.4 is 10.7 Å². The SMILES string of the molecule is C=C[C@]1(C)C[C@@H](OC(=O)CSc2ccccc2/C=N\NC(=N)N2CCNCC2)[C@]2(C)C(C)CC34CC(CCC3=O)(C42)[C@@H](C)[C@@H]1O. The van der Waals surface area contributed by atoms with E-state index in [1.54, 1.807) is 6.21 Å². The first kappa shape index (κ1) is 32.3. The van der Waals surface area contributed by atoms with E-state index < -0.39 is 17.6 Å². The molecule has 10 heteroatoms. The number of benzene rings is 1. The number of hydrogen-bond acceptors (Lipinski definition) is 8. The van der Waals surface area contributed by atoms with Gasteiger partial charge in [-0.25, -0.2) is 5.43 Å². The molecule has 5 aliphatic rings. The number of hydrazone groups is 1. The lowest BCUT2D eigenvalue weighted by atomic mass is 9.32. The summed E-state index contributed by atoms with van der Waals surface area (Å²) in [5, 5.41) is 27.7. The molecule has 1 aromatic rings. The maximum Gasteiger partial charge on any atom is 0.316 e. The molecule has 45 heavy (non-hydrogen) atoms. The Morgan fingerprint density at radius 3 is 2.73 bits per heavy atom. The predicted molar refractivity (Wildman–Crippen MR) is 177 cm³/mol. The third-order valence-corrected chi connectivity index (χ3v) is 13.7. The van der Waals surface area contributed by atoms with Gasteiger partial charge in [0.25, 0.3) is 0 Å². The second kappa shape index (κ2) is 11.8. The van der Waals surface area contributed by atoms with Crippen LogP contribution in [0.4, 0.5) is 0 Å². The Labute approximate surface area is 271 Å². The number of aliphatic hydroxyl groups is 1. The van der Waals surface area contributed by atoms with E-state index in [1.807, 2.05) is 42.2 Å². The van der Waals surface area contributed by atoms with Crippen LogP contribution in [0.2, 0.25) is 0 Å². The zero-order chi connectivity index (χ0) is 32.2. The summed E-state index contributed by atoms with van der Waals surface area (Å²) in [6.45, 7) is 16.0. The zero-order valence-corrected chi connectivity index (χ0v) is 27.9. The van der Waals surface area contributed by atoms with Gasteiger partial charge in [0.05, 0.1) is 18.1 Å². The molecule has 1 aromatic carbocycles. The number of rotatable bonds is 7. The minimum atomic E-state index is -0.634. The van der Waals surface area contributed by atoms with Crippen molar-refractivity contribution in [1.82, 2.24) is 15.6 Å². The average Bonchev–Trinajstić information content (AvgIpc) is 3.23. The number of piperazine rings is 1. The Hall–Kier alpha value is -2.69. The molecule has 9 atom stereocenters. The number of ketones is 1. The van der Waals surface area contributed by atoms with Crippen molar-refractivity contribution in [2.45, 2.75) is 76.9 Å². The van der Waals surface area contributed by atoms with Crippen LogP contribution in [0, 0.1) is 44.8 Å². The number of aliphatic hydroxyl groups excluding tert-OH is 1. The number of hydrogen-bond donors (Lipinski definition) is 4. The fourth-order valence-electron chi connectivity index (χ4n) is 10.2. The summed E-state index contributed by atoms with van der Waals surface area (Å²) in [5.41, 5.74) is 2.19. The van der Waals surface area contributed by atoms with Crippen molar-refractivity contribution in [3.05, 3.63) is 42.5 Å². The van der Waals surface area contributed by atoms with E-state index in [9.17, 15) is 14.7 Å². The summed E-state index contributed by atoms with van der Waals surface area (Å²) in [6, 6.07) is 7.75. The largest absolute Gasteiger partial charge is 0.461 e. The molecule has 0 aromatic heterocycles. The Bertz CT molecular complexity index is 1400. The molecule has 1 heterocycles. The molecule has 0 amide bonds. The zero-order valence-electron chi connectivity index (χ0n) is 27.1. The lowest BCUT2D eigenvalue weighted by Crippen LogP contribution is -2.71. The highest BCUT2D eigenvalue weighted by atomic mass is 32.2. The first-order valence-electron chi connectivity index (χ1n) is 16.5. The molecular weight excluding hydrogens is 586 g/mol. The Morgan fingerprint density at radius 1 is 1.27 bits per heavy atom. The lowest BCUT2D eigenvalue weighted by Gasteiger charge is -2.71. The van der Waals surface area contributed by atoms with Crippen LogP contribution in [0.15, 0.2) is 46.9 Å². The highest BCUT2D eigenvalue weighted by molar-refractivity contribution is 8.00. The summed E-state index contributed by atoms with van der Waals surface area (Å²) in [5.74, 6) is 0.790. The van der Waals surface area contributed by atoms with Crippen LogP contribution in [0.5, 0.6) is 0 Å². The maximum atomic E-state index is 13.7. The Kier molecular flexibility index (Phi) is 8.48. The van der Waals surface area contributed by atoms with Gasteiger partial charge in [0.1, 0.15) is 11.9 Å². The van der Waals surface area contributed by atoms with Crippen molar-refractivity contribution < 1.29 is 19.4 Å². The number of carbonyl (C=O) groups excluding carboxylic acids is 2. The molecule has 4 N–H and O–H groups in total. The predicted octanol–water partition coefficient (Wildman–Crippen LogP) is 4.45. The molecule has 244 valence electrons. The number of nitrogens with zero attached hydrogens (tertiary/aromatic N) is 2. The standard InChI is InChI=1S/C35H49N5O4S/c1-6-32(4)18-27(33(5)22(2)17-35-21-34(30(33)35,12-11-26(35)41)23(3)29(32)43)44-28(42)20-45-25-10-8-7-9-24(25)19-38-39-31(36)40-15-13-37-14-16-40/h6-10,19,22-23,27,29-30,37,43H,1,11-18,20-21H2,2-5H3,(H2,36,39)/b38-19-/t22?,23-,27+,29-,30?,32+,33-,34?,35?/m0/s1. The minimum absolute atomic E-state index is 0.0248. The summed E-state index contributed by atoms with van der Waals surface area (Å²) in [6.07, 6.45) is 5.99. The van der Waals surface area contributed by atoms with Crippen LogP contribution in [-0.2, 0) is 14.3 Å². The summed E-state index contributed by atoms with van der Waals surface area (Å²) in [7, 11) is 0. The van der Waals surface area contributed by atoms with Crippen LogP contribution in [0.25, 0.3) is 0 Å². The Morgan fingerprint density at radius 2 is 2.00 bits per heavy atom. The third kappa shape index (κ3) is 5.06. The first-order valence-corrected chi connectivity index (χ1v) is 17.5. The van der Waals surface area contributed by atoms with Crippen LogP contribution in [0.1, 0.15) is 65.4 Å². The van der Waals surface area contributed by atoms with Crippen molar-refractivity contribution in [3.63, 3.8) is 0 Å². The number of thioether (sulfide) groups is 1. The average molecular weight is 636 g/mol. The minimum Gasteiger partial charge on any atom is -0.461 e. The van der Waals surface area contributed by atoms with Gasteiger partial charge in [0.2, 0.25) is 5.96 Å². The normalized spacial score (nSPS) is 40.6. The first-order chi connectivity index (χ1) is 21.4. The molecule has 4 unspecified atom stereocenters. The van der Waals surface area contributed by atoms with Crippen molar-refractivity contribution in [2.24, 2.45) is 44.5 Å². The van der Waals surface area contributed by atoms with Crippen LogP contribution in [-0.4, -0.2) is 78.1 Å².